The summed E-state index contributed by atoms with van der Waals surface area (Å²) in [5.41, 5.74) is 10.3. The van der Waals surface area contributed by atoms with Crippen molar-refractivity contribution in [1.29, 1.82) is 0 Å². The van der Waals surface area contributed by atoms with E-state index in [1.54, 1.807) is 18.2 Å². The summed E-state index contributed by atoms with van der Waals surface area (Å²) in [5.74, 6) is -1.02. The normalized spacial score (nSPS) is 10.4. The second-order valence-electron chi connectivity index (χ2n) is 4.89. The summed E-state index contributed by atoms with van der Waals surface area (Å²) in [7, 11) is 0. The molecule has 0 spiro atoms. The number of nitrogens with one attached hydrogen (secondary N) is 1. The summed E-state index contributed by atoms with van der Waals surface area (Å²) < 4.78 is 0. The molecule has 0 fully saturated rings. The molecular weight excluding hydrogens is 264 g/mol. The van der Waals surface area contributed by atoms with Crippen molar-refractivity contribution < 1.29 is 9.90 Å². The molecule has 0 aliphatic heterocycles. The first-order valence-corrected chi connectivity index (χ1v) is 7.07. The highest BCUT2D eigenvalue weighted by atomic mass is 16.4. The maximum absolute atomic E-state index is 11.2. The van der Waals surface area contributed by atoms with E-state index in [0.29, 0.717) is 0 Å². The number of rotatable bonds is 5. The molecule has 0 aliphatic rings. The van der Waals surface area contributed by atoms with Crippen LogP contribution in [0.1, 0.15) is 35.3 Å². The van der Waals surface area contributed by atoms with Crippen molar-refractivity contribution in [2.24, 2.45) is 0 Å². The van der Waals surface area contributed by atoms with Gasteiger partial charge in [-0.3, -0.25) is 0 Å². The van der Waals surface area contributed by atoms with Crippen molar-refractivity contribution in [1.82, 2.24) is 0 Å². The molecule has 4 nitrogen and oxygen atoms in total. The Hall–Kier alpha value is -2.49. The van der Waals surface area contributed by atoms with E-state index >= 15 is 0 Å². The van der Waals surface area contributed by atoms with Crippen molar-refractivity contribution in [2.45, 2.75) is 26.7 Å². The molecule has 21 heavy (non-hydrogen) atoms. The number of hydrogen-bond acceptors (Lipinski definition) is 3. The third kappa shape index (κ3) is 3.16. The molecule has 0 heterocycles. The highest BCUT2D eigenvalue weighted by Gasteiger charge is 2.11. The molecule has 0 aliphatic carbocycles. The third-order valence-electron chi connectivity index (χ3n) is 3.55. The van der Waals surface area contributed by atoms with Crippen molar-refractivity contribution in [2.75, 3.05) is 11.1 Å². The van der Waals surface area contributed by atoms with E-state index in [2.05, 4.69) is 37.4 Å². The number of para-hydroxylation sites is 1. The highest BCUT2D eigenvalue weighted by Crippen LogP contribution is 2.28. The molecule has 0 saturated carbocycles. The third-order valence-corrected chi connectivity index (χ3v) is 3.55. The Morgan fingerprint density at radius 1 is 1.14 bits per heavy atom. The standard InChI is InChI=1S/C17H20N2O2/c1-3-11-6-5-7-12(4-2)16(11)19-13-8-9-15(18)14(10-13)17(20)21/h5-10,19H,3-4,18H2,1-2H3,(H,20,21). The molecule has 0 aromatic heterocycles. The van der Waals surface area contributed by atoms with Gasteiger partial charge in [0.2, 0.25) is 0 Å². The first kappa shape index (κ1) is 14.9. The molecule has 4 N–H and O–H groups in total. The number of hydrogen-bond donors (Lipinski definition) is 3. The van der Waals surface area contributed by atoms with E-state index in [0.717, 1.165) is 24.2 Å². The molecule has 0 radical (unpaired) electrons. The fourth-order valence-electron chi connectivity index (χ4n) is 2.37. The Balaban J connectivity index is 2.43. The zero-order valence-corrected chi connectivity index (χ0v) is 12.3. The van der Waals surface area contributed by atoms with Crippen LogP contribution >= 0.6 is 0 Å². The molecule has 110 valence electrons. The van der Waals surface area contributed by atoms with Gasteiger partial charge in [0.25, 0.3) is 0 Å². The lowest BCUT2D eigenvalue weighted by molar-refractivity contribution is 0.0698. The molecule has 2 aromatic rings. The lowest BCUT2D eigenvalue weighted by Gasteiger charge is -2.16. The van der Waals surface area contributed by atoms with Crippen LogP contribution in [0.25, 0.3) is 0 Å². The highest BCUT2D eigenvalue weighted by molar-refractivity contribution is 5.95. The number of benzene rings is 2. The maximum Gasteiger partial charge on any atom is 0.337 e. The molecule has 0 bridgehead atoms. The van der Waals surface area contributed by atoms with Crippen LogP contribution in [0.5, 0.6) is 0 Å². The molecule has 0 atom stereocenters. The molecule has 4 heteroatoms. The second kappa shape index (κ2) is 6.31. The zero-order chi connectivity index (χ0) is 15.4. The first-order chi connectivity index (χ1) is 10.1. The van der Waals surface area contributed by atoms with Gasteiger partial charge in [-0.25, -0.2) is 4.79 Å². The average molecular weight is 284 g/mol. The Morgan fingerprint density at radius 3 is 2.29 bits per heavy atom. The Labute approximate surface area is 124 Å². The smallest absolute Gasteiger partial charge is 0.337 e. The number of aromatic carboxylic acids is 1. The summed E-state index contributed by atoms with van der Waals surface area (Å²) in [5, 5.41) is 12.5. The number of nitrogens with two attached hydrogens (primary N) is 1. The van der Waals surface area contributed by atoms with E-state index < -0.39 is 5.97 Å². The molecule has 2 aromatic carbocycles. The van der Waals surface area contributed by atoms with Crippen LogP contribution in [0, 0.1) is 0 Å². The van der Waals surface area contributed by atoms with Gasteiger partial charge in [-0.15, -0.1) is 0 Å². The summed E-state index contributed by atoms with van der Waals surface area (Å²) >= 11 is 0. The molecule has 2 rings (SSSR count). The quantitative estimate of drug-likeness (QED) is 0.729. The van der Waals surface area contributed by atoms with Gasteiger partial charge in [0.1, 0.15) is 0 Å². The van der Waals surface area contributed by atoms with Crippen molar-refractivity contribution in [3.63, 3.8) is 0 Å². The Bertz CT molecular complexity index is 644. The van der Waals surface area contributed by atoms with Crippen LogP contribution in [-0.2, 0) is 12.8 Å². The fraction of sp³-hybridized carbons (Fsp3) is 0.235. The largest absolute Gasteiger partial charge is 0.478 e. The van der Waals surface area contributed by atoms with E-state index in [9.17, 15) is 4.79 Å². The minimum atomic E-state index is -1.02. The number of carboxylic acid groups (broad SMARTS) is 1. The van der Waals surface area contributed by atoms with Crippen LogP contribution in [-0.4, -0.2) is 11.1 Å². The van der Waals surface area contributed by atoms with E-state index in [4.69, 9.17) is 10.8 Å². The summed E-state index contributed by atoms with van der Waals surface area (Å²) in [6.07, 6.45) is 1.83. The van der Waals surface area contributed by atoms with Gasteiger partial charge in [0.05, 0.1) is 5.56 Å². The van der Waals surface area contributed by atoms with Gasteiger partial charge in [-0.1, -0.05) is 32.0 Å². The van der Waals surface area contributed by atoms with Gasteiger partial charge in [0.15, 0.2) is 0 Å². The lowest BCUT2D eigenvalue weighted by atomic mass is 10.0. The Kier molecular flexibility index (Phi) is 4.48. The average Bonchev–Trinajstić information content (AvgIpc) is 2.49. The summed E-state index contributed by atoms with van der Waals surface area (Å²) in [4.78, 5) is 11.2. The van der Waals surface area contributed by atoms with Crippen LogP contribution in [0.2, 0.25) is 0 Å². The lowest BCUT2D eigenvalue weighted by Crippen LogP contribution is -2.05. The topological polar surface area (TPSA) is 75.3 Å². The van der Waals surface area contributed by atoms with Gasteiger partial charge in [0, 0.05) is 17.1 Å². The Morgan fingerprint density at radius 2 is 1.76 bits per heavy atom. The van der Waals surface area contributed by atoms with Gasteiger partial charge >= 0.3 is 5.97 Å². The van der Waals surface area contributed by atoms with Gasteiger partial charge in [-0.05, 0) is 42.2 Å². The van der Waals surface area contributed by atoms with E-state index in [1.165, 1.54) is 11.1 Å². The predicted molar refractivity (Wildman–Crippen MR) is 86.3 cm³/mol. The van der Waals surface area contributed by atoms with Crippen molar-refractivity contribution in [3.05, 3.63) is 53.1 Å². The predicted octanol–water partition coefficient (Wildman–Crippen LogP) is 3.84. The molecule has 0 saturated heterocycles. The van der Waals surface area contributed by atoms with E-state index in [1.807, 2.05) is 0 Å². The minimum absolute atomic E-state index is 0.118. The summed E-state index contributed by atoms with van der Waals surface area (Å²) in [6.45, 7) is 4.21. The van der Waals surface area contributed by atoms with Crippen LogP contribution in [0.4, 0.5) is 17.1 Å². The van der Waals surface area contributed by atoms with Crippen LogP contribution < -0.4 is 11.1 Å². The van der Waals surface area contributed by atoms with Crippen LogP contribution in [0.15, 0.2) is 36.4 Å². The minimum Gasteiger partial charge on any atom is -0.478 e. The number of carboxylic acids is 1. The number of carbonyl (C=O) groups is 1. The molecule has 0 amide bonds. The molecular formula is C17H20N2O2. The number of aryl methyl sites for hydroxylation is 2. The number of nitrogen functional groups attached to an aromatic ring is 1. The first-order valence-electron chi connectivity index (χ1n) is 7.07. The monoisotopic (exact) mass is 284 g/mol. The van der Waals surface area contributed by atoms with Crippen LogP contribution in [0.3, 0.4) is 0 Å². The molecule has 0 unspecified atom stereocenters. The fourth-order valence-corrected chi connectivity index (χ4v) is 2.37. The zero-order valence-electron chi connectivity index (χ0n) is 12.3. The SMILES string of the molecule is CCc1cccc(CC)c1Nc1ccc(N)c(C(=O)O)c1. The summed E-state index contributed by atoms with van der Waals surface area (Å²) in [6, 6.07) is 11.2. The van der Waals surface area contributed by atoms with Crippen molar-refractivity contribution >= 4 is 23.0 Å². The second-order valence-corrected chi connectivity index (χ2v) is 4.89. The number of anilines is 3. The van der Waals surface area contributed by atoms with Gasteiger partial charge in [-0.2, -0.15) is 0 Å². The van der Waals surface area contributed by atoms with E-state index in [-0.39, 0.29) is 11.3 Å². The van der Waals surface area contributed by atoms with Crippen molar-refractivity contribution in [3.8, 4) is 0 Å². The van der Waals surface area contributed by atoms with Gasteiger partial charge < -0.3 is 16.2 Å². The maximum atomic E-state index is 11.2.